The molecule has 0 bridgehead atoms. The van der Waals surface area contributed by atoms with E-state index < -0.39 is 0 Å². The lowest BCUT2D eigenvalue weighted by atomic mass is 9.90. The zero-order valence-corrected chi connectivity index (χ0v) is 15.8. The number of nitrogens with zero attached hydrogens (tertiary/aromatic N) is 1. The molecule has 0 aliphatic heterocycles. The first-order valence-electron chi connectivity index (χ1n) is 9.84. The van der Waals surface area contributed by atoms with Crippen molar-refractivity contribution in [1.29, 1.82) is 0 Å². The van der Waals surface area contributed by atoms with Crippen LogP contribution in [0.1, 0.15) is 46.4 Å². The highest BCUT2D eigenvalue weighted by atomic mass is 16.5. The minimum absolute atomic E-state index is 0.148. The Morgan fingerprint density at radius 3 is 2.64 bits per heavy atom. The molecule has 1 aliphatic carbocycles. The number of para-hydroxylation sites is 1. The van der Waals surface area contributed by atoms with Crippen LogP contribution >= 0.6 is 0 Å². The maximum absolute atomic E-state index is 12.4. The van der Waals surface area contributed by atoms with Gasteiger partial charge in [0, 0.05) is 23.1 Å². The summed E-state index contributed by atoms with van der Waals surface area (Å²) in [5.74, 6) is -0.521. The summed E-state index contributed by atoms with van der Waals surface area (Å²) in [6, 6.07) is 17.6. The highest BCUT2D eigenvalue weighted by Crippen LogP contribution is 2.22. The predicted octanol–water partition coefficient (Wildman–Crippen LogP) is 4.47. The number of esters is 1. The highest BCUT2D eigenvalue weighted by Gasteiger charge is 2.14. The molecule has 0 atom stereocenters. The molecule has 0 saturated carbocycles. The van der Waals surface area contributed by atoms with Crippen LogP contribution in [0.4, 0.5) is 0 Å². The Labute approximate surface area is 164 Å². The van der Waals surface area contributed by atoms with Crippen LogP contribution in [0.3, 0.4) is 0 Å². The molecule has 0 unspecified atom stereocenters. The van der Waals surface area contributed by atoms with Crippen LogP contribution in [0, 0.1) is 0 Å². The van der Waals surface area contributed by atoms with Crippen LogP contribution in [-0.2, 0) is 28.8 Å². The number of rotatable bonds is 6. The van der Waals surface area contributed by atoms with E-state index in [9.17, 15) is 9.59 Å². The van der Waals surface area contributed by atoms with E-state index >= 15 is 0 Å². The molecule has 3 aromatic rings. The number of Topliss-reactive ketones (excluding diaryl/α,β-unsaturated/α-hetero) is 1. The largest absolute Gasteiger partial charge is 0.457 e. The van der Waals surface area contributed by atoms with Gasteiger partial charge in [0.15, 0.2) is 12.4 Å². The lowest BCUT2D eigenvalue weighted by molar-refractivity contribution is -0.142. The quantitative estimate of drug-likeness (QED) is 0.472. The molecule has 0 radical (unpaired) electrons. The highest BCUT2D eigenvalue weighted by molar-refractivity contribution is 5.98. The van der Waals surface area contributed by atoms with Gasteiger partial charge in [-0.25, -0.2) is 0 Å². The van der Waals surface area contributed by atoms with Gasteiger partial charge in [0.1, 0.15) is 0 Å². The molecule has 1 aromatic heterocycles. The van der Waals surface area contributed by atoms with Crippen LogP contribution < -0.4 is 0 Å². The number of pyridine rings is 1. The van der Waals surface area contributed by atoms with Gasteiger partial charge in [0.05, 0.1) is 11.9 Å². The zero-order chi connectivity index (χ0) is 19.3. The van der Waals surface area contributed by atoms with Crippen molar-refractivity contribution in [2.45, 2.75) is 38.5 Å². The maximum Gasteiger partial charge on any atom is 0.306 e. The lowest BCUT2D eigenvalue weighted by Crippen LogP contribution is -2.15. The molecule has 1 aliphatic rings. The molecule has 0 fully saturated rings. The summed E-state index contributed by atoms with van der Waals surface area (Å²) in [6.07, 6.45) is 5.20. The van der Waals surface area contributed by atoms with Crippen LogP contribution in [0.2, 0.25) is 0 Å². The van der Waals surface area contributed by atoms with Crippen molar-refractivity contribution in [1.82, 2.24) is 4.98 Å². The topological polar surface area (TPSA) is 56.3 Å². The van der Waals surface area contributed by atoms with Crippen molar-refractivity contribution < 1.29 is 14.3 Å². The Balaban J connectivity index is 1.29. The normalized spacial score (nSPS) is 13.1. The Hall–Kier alpha value is -3.01. The monoisotopic (exact) mass is 373 g/mol. The van der Waals surface area contributed by atoms with Crippen LogP contribution in [0.25, 0.3) is 10.9 Å². The van der Waals surface area contributed by atoms with Crippen molar-refractivity contribution in [3.05, 3.63) is 77.0 Å². The van der Waals surface area contributed by atoms with E-state index in [1.807, 2.05) is 54.6 Å². The summed E-state index contributed by atoms with van der Waals surface area (Å²) in [5, 5.41) is 1.07. The fraction of sp³-hybridized carbons (Fsp3) is 0.292. The van der Waals surface area contributed by atoms with Gasteiger partial charge in [-0.2, -0.15) is 0 Å². The van der Waals surface area contributed by atoms with Crippen LogP contribution in [-0.4, -0.2) is 23.3 Å². The van der Waals surface area contributed by atoms with Gasteiger partial charge in [-0.3, -0.25) is 14.6 Å². The summed E-state index contributed by atoms with van der Waals surface area (Å²) < 4.78 is 5.20. The number of carbonyl (C=O) groups excluding carboxylic acids is 2. The van der Waals surface area contributed by atoms with Crippen molar-refractivity contribution >= 4 is 22.7 Å². The molecule has 0 saturated heterocycles. The third kappa shape index (κ3) is 4.28. The van der Waals surface area contributed by atoms with E-state index in [1.165, 1.54) is 24.0 Å². The van der Waals surface area contributed by atoms with Gasteiger partial charge in [0.2, 0.25) is 0 Å². The number of ether oxygens (including phenoxy) is 1. The first-order chi connectivity index (χ1) is 13.7. The molecule has 4 heteroatoms. The molecule has 0 N–H and O–H groups in total. The van der Waals surface area contributed by atoms with Crippen molar-refractivity contribution in [3.63, 3.8) is 0 Å². The molecule has 0 spiro atoms. The summed E-state index contributed by atoms with van der Waals surface area (Å²) in [7, 11) is 0. The lowest BCUT2D eigenvalue weighted by Gasteiger charge is -2.16. The number of carbonyl (C=O) groups is 2. The molecule has 142 valence electrons. The van der Waals surface area contributed by atoms with Crippen molar-refractivity contribution in [2.24, 2.45) is 0 Å². The summed E-state index contributed by atoms with van der Waals surface area (Å²) in [5.41, 5.74) is 4.98. The molecule has 0 amide bonds. The number of aromatic nitrogens is 1. The summed E-state index contributed by atoms with van der Waals surface area (Å²) in [6.45, 7) is -0.206. The molecule has 2 aromatic carbocycles. The Kier molecular flexibility index (Phi) is 5.47. The Bertz CT molecular complexity index is 1030. The summed E-state index contributed by atoms with van der Waals surface area (Å²) in [4.78, 5) is 29.0. The second-order valence-corrected chi connectivity index (χ2v) is 7.27. The second kappa shape index (κ2) is 8.34. The third-order valence-corrected chi connectivity index (χ3v) is 5.28. The van der Waals surface area contributed by atoms with E-state index in [2.05, 4.69) is 4.98 Å². The second-order valence-electron chi connectivity index (χ2n) is 7.27. The number of ketones is 1. The van der Waals surface area contributed by atoms with Gasteiger partial charge in [-0.15, -0.1) is 0 Å². The van der Waals surface area contributed by atoms with E-state index in [1.54, 1.807) is 0 Å². The first-order valence-corrected chi connectivity index (χ1v) is 9.84. The molecular formula is C24H23NO3. The molecule has 4 nitrogen and oxygen atoms in total. The van der Waals surface area contributed by atoms with Gasteiger partial charge in [-0.05, 0) is 55.0 Å². The SMILES string of the molecule is O=C(CCc1ccc2ccccc2n1)OCC(=O)c1ccc2c(c1)CCCC2. The molecule has 4 rings (SSSR count). The molecular weight excluding hydrogens is 350 g/mol. The molecule has 28 heavy (non-hydrogen) atoms. The van der Waals surface area contributed by atoms with Gasteiger partial charge in [0.25, 0.3) is 0 Å². The van der Waals surface area contributed by atoms with Crippen LogP contribution in [0.15, 0.2) is 54.6 Å². The van der Waals surface area contributed by atoms with Crippen molar-refractivity contribution in [2.75, 3.05) is 6.61 Å². The Morgan fingerprint density at radius 1 is 0.929 bits per heavy atom. The minimum atomic E-state index is -0.374. The van der Waals surface area contributed by atoms with E-state index in [0.29, 0.717) is 12.0 Å². The van der Waals surface area contributed by atoms with E-state index in [0.717, 1.165) is 29.4 Å². The number of hydrogen-bond acceptors (Lipinski definition) is 4. The number of aryl methyl sites for hydroxylation is 3. The average Bonchev–Trinajstić information content (AvgIpc) is 2.75. The van der Waals surface area contributed by atoms with E-state index in [4.69, 9.17) is 4.74 Å². The Morgan fingerprint density at radius 2 is 1.75 bits per heavy atom. The number of fused-ring (bicyclic) bond motifs is 2. The minimum Gasteiger partial charge on any atom is -0.457 e. The fourth-order valence-electron chi connectivity index (χ4n) is 3.69. The zero-order valence-electron chi connectivity index (χ0n) is 15.8. The number of hydrogen-bond donors (Lipinski definition) is 0. The average molecular weight is 373 g/mol. The first kappa shape index (κ1) is 18.4. The van der Waals surface area contributed by atoms with Gasteiger partial charge < -0.3 is 4.74 Å². The van der Waals surface area contributed by atoms with Gasteiger partial charge >= 0.3 is 5.97 Å². The maximum atomic E-state index is 12.4. The smallest absolute Gasteiger partial charge is 0.306 e. The number of benzene rings is 2. The van der Waals surface area contributed by atoms with Crippen molar-refractivity contribution in [3.8, 4) is 0 Å². The van der Waals surface area contributed by atoms with Gasteiger partial charge in [-0.1, -0.05) is 36.4 Å². The standard InChI is InChI=1S/C24H23NO3/c26-23(20-10-9-17-5-1-2-7-19(17)15-20)16-28-24(27)14-13-21-12-11-18-6-3-4-8-22(18)25-21/h3-4,6,8-12,15H,1-2,5,7,13-14,16H2. The molecule has 1 heterocycles. The fourth-order valence-corrected chi connectivity index (χ4v) is 3.69. The van der Waals surface area contributed by atoms with E-state index in [-0.39, 0.29) is 24.8 Å². The van der Waals surface area contributed by atoms with Crippen LogP contribution in [0.5, 0.6) is 0 Å². The predicted molar refractivity (Wildman–Crippen MR) is 108 cm³/mol. The third-order valence-electron chi connectivity index (χ3n) is 5.28. The summed E-state index contributed by atoms with van der Waals surface area (Å²) >= 11 is 0.